The van der Waals surface area contributed by atoms with E-state index in [4.69, 9.17) is 0 Å². The third kappa shape index (κ3) is 2.65. The van der Waals surface area contributed by atoms with Crippen molar-refractivity contribution in [3.05, 3.63) is 36.5 Å². The molecule has 1 saturated carbocycles. The molecule has 1 heterocycles. The van der Waals surface area contributed by atoms with E-state index in [0.29, 0.717) is 6.04 Å². The number of rotatable bonds is 3. The summed E-state index contributed by atoms with van der Waals surface area (Å²) in [4.78, 5) is 4.45. The highest BCUT2D eigenvalue weighted by Crippen LogP contribution is 2.33. The Labute approximate surface area is 121 Å². The van der Waals surface area contributed by atoms with Gasteiger partial charge in [-0.25, -0.2) is 0 Å². The van der Waals surface area contributed by atoms with Gasteiger partial charge >= 0.3 is 0 Å². The Morgan fingerprint density at radius 3 is 2.80 bits per heavy atom. The molecule has 106 valence electrons. The lowest BCUT2D eigenvalue weighted by atomic mass is 9.77. The lowest BCUT2D eigenvalue weighted by molar-refractivity contribution is 0.254. The van der Waals surface area contributed by atoms with Crippen LogP contribution in [-0.2, 0) is 0 Å². The molecule has 2 unspecified atom stereocenters. The highest BCUT2D eigenvalue weighted by atomic mass is 14.9. The molecule has 2 atom stereocenters. The predicted molar refractivity (Wildman–Crippen MR) is 85.9 cm³/mol. The summed E-state index contributed by atoms with van der Waals surface area (Å²) >= 11 is 0. The second-order valence-corrected chi connectivity index (χ2v) is 6.32. The van der Waals surface area contributed by atoms with Crippen LogP contribution >= 0.6 is 0 Å². The fourth-order valence-corrected chi connectivity index (χ4v) is 3.57. The van der Waals surface area contributed by atoms with Crippen molar-refractivity contribution >= 4 is 16.6 Å². The van der Waals surface area contributed by atoms with Gasteiger partial charge in [-0.3, -0.25) is 4.98 Å². The summed E-state index contributed by atoms with van der Waals surface area (Å²) in [5, 5.41) is 5.05. The Bertz CT molecular complexity index is 571. The molecule has 3 rings (SSSR count). The van der Waals surface area contributed by atoms with E-state index in [1.165, 1.54) is 36.8 Å². The van der Waals surface area contributed by atoms with E-state index in [1.807, 2.05) is 12.3 Å². The van der Waals surface area contributed by atoms with Gasteiger partial charge in [-0.05, 0) is 48.9 Å². The van der Waals surface area contributed by atoms with Crippen LogP contribution in [0.5, 0.6) is 0 Å². The molecular formula is C18H24N2. The molecule has 1 N–H and O–H groups in total. The Morgan fingerprint density at radius 2 is 1.95 bits per heavy atom. The second-order valence-electron chi connectivity index (χ2n) is 6.32. The molecule has 1 aromatic carbocycles. The monoisotopic (exact) mass is 268 g/mol. The van der Waals surface area contributed by atoms with Crippen molar-refractivity contribution in [2.45, 2.75) is 45.6 Å². The molecule has 0 bridgehead atoms. The van der Waals surface area contributed by atoms with E-state index in [9.17, 15) is 0 Å². The first-order valence-corrected chi connectivity index (χ1v) is 7.86. The average Bonchev–Trinajstić information content (AvgIpc) is 2.48. The van der Waals surface area contributed by atoms with E-state index < -0.39 is 0 Å². The van der Waals surface area contributed by atoms with Crippen molar-refractivity contribution in [2.24, 2.45) is 11.8 Å². The number of hydrogen-bond donors (Lipinski definition) is 1. The van der Waals surface area contributed by atoms with Gasteiger partial charge in [0, 0.05) is 23.3 Å². The van der Waals surface area contributed by atoms with Crippen LogP contribution in [0.15, 0.2) is 36.5 Å². The molecule has 1 aliphatic rings. The molecule has 20 heavy (non-hydrogen) atoms. The fraction of sp³-hybridized carbons (Fsp3) is 0.500. The van der Waals surface area contributed by atoms with Gasteiger partial charge in [0.05, 0.1) is 5.52 Å². The van der Waals surface area contributed by atoms with Gasteiger partial charge in [-0.15, -0.1) is 0 Å². The van der Waals surface area contributed by atoms with Gasteiger partial charge < -0.3 is 5.32 Å². The van der Waals surface area contributed by atoms with Gasteiger partial charge in [0.15, 0.2) is 0 Å². The Morgan fingerprint density at radius 1 is 1.10 bits per heavy atom. The maximum atomic E-state index is 4.45. The summed E-state index contributed by atoms with van der Waals surface area (Å²) < 4.78 is 0. The maximum Gasteiger partial charge on any atom is 0.0722 e. The summed E-state index contributed by atoms with van der Waals surface area (Å²) in [5.41, 5.74) is 2.32. The quantitative estimate of drug-likeness (QED) is 0.859. The Kier molecular flexibility index (Phi) is 3.90. The molecule has 2 nitrogen and oxygen atoms in total. The van der Waals surface area contributed by atoms with Crippen LogP contribution in [0.3, 0.4) is 0 Å². The number of nitrogens with one attached hydrogen (secondary N) is 1. The van der Waals surface area contributed by atoms with Crippen molar-refractivity contribution < 1.29 is 0 Å². The molecule has 0 aliphatic heterocycles. The molecular weight excluding hydrogens is 244 g/mol. The van der Waals surface area contributed by atoms with E-state index in [-0.39, 0.29) is 0 Å². The maximum absolute atomic E-state index is 4.45. The molecule has 2 heteroatoms. The average molecular weight is 268 g/mol. The van der Waals surface area contributed by atoms with Crippen LogP contribution in [-0.4, -0.2) is 11.0 Å². The van der Waals surface area contributed by atoms with Crippen molar-refractivity contribution in [1.82, 2.24) is 4.98 Å². The first-order chi connectivity index (χ1) is 9.75. The molecule has 0 amide bonds. The van der Waals surface area contributed by atoms with Crippen LogP contribution < -0.4 is 5.32 Å². The highest BCUT2D eigenvalue weighted by molar-refractivity contribution is 5.91. The summed E-state index contributed by atoms with van der Waals surface area (Å²) in [6.07, 6.45) is 7.25. The number of fused-ring (bicyclic) bond motifs is 1. The molecule has 1 fully saturated rings. The summed E-state index contributed by atoms with van der Waals surface area (Å²) in [6, 6.07) is 11.2. The van der Waals surface area contributed by atoms with E-state index in [1.54, 1.807) is 0 Å². The van der Waals surface area contributed by atoms with Gasteiger partial charge in [-0.2, -0.15) is 0 Å². The van der Waals surface area contributed by atoms with Crippen molar-refractivity contribution in [3.63, 3.8) is 0 Å². The normalized spacial score (nSPS) is 23.1. The van der Waals surface area contributed by atoms with Gasteiger partial charge in [-0.1, -0.05) is 32.8 Å². The zero-order valence-electron chi connectivity index (χ0n) is 12.5. The minimum atomic E-state index is 0.606. The lowest BCUT2D eigenvalue weighted by Crippen LogP contribution is -2.35. The Hall–Kier alpha value is -1.57. The van der Waals surface area contributed by atoms with Crippen LogP contribution in [0.4, 0.5) is 5.69 Å². The minimum absolute atomic E-state index is 0.606. The van der Waals surface area contributed by atoms with Gasteiger partial charge in [0.1, 0.15) is 0 Å². The third-order valence-electron chi connectivity index (χ3n) is 4.66. The largest absolute Gasteiger partial charge is 0.381 e. The first kappa shape index (κ1) is 13.4. The summed E-state index contributed by atoms with van der Waals surface area (Å²) in [7, 11) is 0. The molecule has 2 aromatic rings. The molecule has 1 aromatic heterocycles. The zero-order chi connectivity index (χ0) is 13.9. The van der Waals surface area contributed by atoms with Crippen LogP contribution in [0, 0.1) is 11.8 Å². The standard InChI is InChI=1S/C18H24N2/c1-13(2)14-7-3-4-9-17(14)20-18-11-5-10-16-15(18)8-6-12-19-16/h5-6,8,10-14,17,20H,3-4,7,9H2,1-2H3. The summed E-state index contributed by atoms with van der Waals surface area (Å²) in [6.45, 7) is 4.71. The SMILES string of the molecule is CC(C)C1CCCCC1Nc1cccc2ncccc12. The van der Waals surface area contributed by atoms with Crippen molar-refractivity contribution in [3.8, 4) is 0 Å². The lowest BCUT2D eigenvalue weighted by Gasteiger charge is -2.35. The van der Waals surface area contributed by atoms with Crippen molar-refractivity contribution in [1.29, 1.82) is 0 Å². The number of benzene rings is 1. The smallest absolute Gasteiger partial charge is 0.0722 e. The summed E-state index contributed by atoms with van der Waals surface area (Å²) in [5.74, 6) is 1.54. The molecule has 0 spiro atoms. The number of pyridine rings is 1. The zero-order valence-corrected chi connectivity index (χ0v) is 12.5. The number of aromatic nitrogens is 1. The van der Waals surface area contributed by atoms with Crippen LogP contribution in [0.2, 0.25) is 0 Å². The molecule has 0 radical (unpaired) electrons. The number of anilines is 1. The second kappa shape index (κ2) is 5.82. The minimum Gasteiger partial charge on any atom is -0.381 e. The third-order valence-corrected chi connectivity index (χ3v) is 4.66. The topological polar surface area (TPSA) is 24.9 Å². The van der Waals surface area contributed by atoms with Crippen LogP contribution in [0.1, 0.15) is 39.5 Å². The predicted octanol–water partition coefficient (Wildman–Crippen LogP) is 4.86. The first-order valence-electron chi connectivity index (χ1n) is 7.86. The fourth-order valence-electron chi connectivity index (χ4n) is 3.57. The van der Waals surface area contributed by atoms with Gasteiger partial charge in [0.2, 0.25) is 0 Å². The van der Waals surface area contributed by atoms with E-state index in [2.05, 4.69) is 48.4 Å². The number of nitrogens with zero attached hydrogens (tertiary/aromatic N) is 1. The number of hydrogen-bond acceptors (Lipinski definition) is 2. The van der Waals surface area contributed by atoms with E-state index in [0.717, 1.165) is 17.4 Å². The Balaban J connectivity index is 1.88. The van der Waals surface area contributed by atoms with Crippen molar-refractivity contribution in [2.75, 3.05) is 5.32 Å². The molecule has 0 saturated heterocycles. The van der Waals surface area contributed by atoms with Crippen LogP contribution in [0.25, 0.3) is 10.9 Å². The molecule has 1 aliphatic carbocycles. The van der Waals surface area contributed by atoms with Gasteiger partial charge in [0.25, 0.3) is 0 Å². The highest BCUT2D eigenvalue weighted by Gasteiger charge is 2.27. The van der Waals surface area contributed by atoms with E-state index >= 15 is 0 Å².